The Morgan fingerprint density at radius 2 is 0.898 bits per heavy atom. The molecule has 2 heterocycles. The summed E-state index contributed by atoms with van der Waals surface area (Å²) in [5, 5.41) is 10.2. The molecule has 3 heteroatoms. The van der Waals surface area contributed by atoms with Gasteiger partial charge in [0.2, 0.25) is 0 Å². The fraction of sp³-hybridized carbons (Fsp3) is 0. The lowest BCUT2D eigenvalue weighted by Gasteiger charge is -2.29. The number of hydrogen-bond donors (Lipinski definition) is 0. The van der Waals surface area contributed by atoms with Gasteiger partial charge in [-0.15, -0.1) is 22.7 Å². The van der Waals surface area contributed by atoms with Crippen LogP contribution in [0.3, 0.4) is 0 Å². The quantitative estimate of drug-likeness (QED) is 0.152. The number of fused-ring (bicyclic) bond motifs is 9. The Labute approximate surface area is 350 Å². The van der Waals surface area contributed by atoms with E-state index in [1.54, 1.807) is 0 Å². The van der Waals surface area contributed by atoms with Crippen molar-refractivity contribution in [1.29, 1.82) is 0 Å². The van der Waals surface area contributed by atoms with Crippen LogP contribution in [0.2, 0.25) is 0 Å². The van der Waals surface area contributed by atoms with E-state index in [1.165, 1.54) is 95.3 Å². The maximum atomic E-state index is 2.50. The van der Waals surface area contributed by atoms with Crippen molar-refractivity contribution in [3.8, 4) is 33.4 Å². The number of rotatable bonds is 6. The Hall–Kier alpha value is -7.04. The molecule has 0 unspecified atom stereocenters. The Kier molecular flexibility index (Phi) is 7.97. The van der Waals surface area contributed by atoms with E-state index < -0.39 is 0 Å². The van der Waals surface area contributed by atoms with Crippen molar-refractivity contribution < 1.29 is 0 Å². The summed E-state index contributed by atoms with van der Waals surface area (Å²) in [6, 6.07) is 78.4. The molecule has 1 nitrogen and oxygen atoms in total. The second-order valence-corrected chi connectivity index (χ2v) is 17.4. The van der Waals surface area contributed by atoms with Crippen LogP contribution in [-0.4, -0.2) is 0 Å². The molecule has 0 fully saturated rings. The van der Waals surface area contributed by atoms with Crippen LogP contribution in [0.1, 0.15) is 0 Å². The molecule has 0 bridgehead atoms. The molecule has 0 aliphatic heterocycles. The van der Waals surface area contributed by atoms with Gasteiger partial charge in [-0.05, 0) is 104 Å². The van der Waals surface area contributed by atoms with Crippen LogP contribution >= 0.6 is 22.7 Å². The van der Waals surface area contributed by atoms with E-state index in [1.807, 2.05) is 22.7 Å². The average molecular weight is 786 g/mol. The number of thiophene rings is 2. The minimum atomic E-state index is 1.11. The number of benzene rings is 10. The molecule has 0 atom stereocenters. The van der Waals surface area contributed by atoms with Gasteiger partial charge < -0.3 is 4.90 Å². The maximum absolute atomic E-state index is 2.50. The molecular formula is C56H35NS2. The normalized spacial score (nSPS) is 11.7. The lowest BCUT2D eigenvalue weighted by atomic mass is 9.91. The minimum absolute atomic E-state index is 1.11. The highest BCUT2D eigenvalue weighted by molar-refractivity contribution is 7.26. The highest BCUT2D eigenvalue weighted by Gasteiger charge is 2.22. The molecule has 0 saturated carbocycles. The minimum Gasteiger partial charge on any atom is -0.310 e. The zero-order valence-corrected chi connectivity index (χ0v) is 33.6. The molecule has 59 heavy (non-hydrogen) atoms. The highest BCUT2D eigenvalue weighted by Crippen LogP contribution is 2.48. The third-order valence-corrected chi connectivity index (χ3v) is 14.2. The summed E-state index contributed by atoms with van der Waals surface area (Å²) < 4.78 is 5.23. The standard InChI is InChI=1S/C56H35NS2/c1-2-14-36(15-3-1)43-30-28-39(50-33-38-16-4-5-19-42(38)45-20-6-7-21-46(45)50)34-52(43)57(41-29-31-55-51(35-41)48-23-9-10-26-53(48)58-55)40-18-12-17-37(32-40)44-24-13-25-49-47-22-8-11-27-54(47)59-56(44)49/h1-35H. The molecular weight excluding hydrogens is 751 g/mol. The van der Waals surface area contributed by atoms with Gasteiger partial charge >= 0.3 is 0 Å². The SMILES string of the molecule is c1ccc(-c2ccc(-c3cc4ccccc4c4ccccc34)cc2N(c2cccc(-c3cccc4c3sc3ccccc34)c2)c2ccc3sc4ccccc4c3c2)cc1. The van der Waals surface area contributed by atoms with Gasteiger partial charge in [0.25, 0.3) is 0 Å². The van der Waals surface area contributed by atoms with Gasteiger partial charge in [-0.25, -0.2) is 0 Å². The number of hydrogen-bond acceptors (Lipinski definition) is 3. The molecule has 0 radical (unpaired) electrons. The smallest absolute Gasteiger partial charge is 0.0546 e. The first-order valence-electron chi connectivity index (χ1n) is 20.1. The Morgan fingerprint density at radius 1 is 0.288 bits per heavy atom. The third-order valence-electron chi connectivity index (χ3n) is 11.8. The van der Waals surface area contributed by atoms with Crippen LogP contribution in [0.15, 0.2) is 212 Å². The summed E-state index contributed by atoms with van der Waals surface area (Å²) in [6.07, 6.45) is 0. The molecule has 0 N–H and O–H groups in total. The average Bonchev–Trinajstić information content (AvgIpc) is 3.88. The molecule has 10 aromatic carbocycles. The van der Waals surface area contributed by atoms with E-state index >= 15 is 0 Å². The predicted octanol–water partition coefficient (Wildman–Crippen LogP) is 17.2. The fourth-order valence-corrected chi connectivity index (χ4v) is 11.4. The van der Waals surface area contributed by atoms with Gasteiger partial charge in [0.05, 0.1) is 5.69 Å². The van der Waals surface area contributed by atoms with Crippen molar-refractivity contribution in [3.63, 3.8) is 0 Å². The molecule has 0 amide bonds. The highest BCUT2D eigenvalue weighted by atomic mass is 32.1. The molecule has 0 spiro atoms. The summed E-state index contributed by atoms with van der Waals surface area (Å²) in [4.78, 5) is 2.50. The zero-order valence-electron chi connectivity index (χ0n) is 32.0. The molecule has 2 aromatic heterocycles. The van der Waals surface area contributed by atoms with Crippen molar-refractivity contribution in [2.75, 3.05) is 4.90 Å². The second kappa shape index (κ2) is 13.8. The van der Waals surface area contributed by atoms with Gasteiger partial charge in [-0.1, -0.05) is 158 Å². The molecule has 12 aromatic rings. The maximum Gasteiger partial charge on any atom is 0.0546 e. The first-order chi connectivity index (χ1) is 29.2. The fourth-order valence-electron chi connectivity index (χ4n) is 9.11. The van der Waals surface area contributed by atoms with E-state index in [2.05, 4.69) is 217 Å². The molecule has 0 aliphatic rings. The van der Waals surface area contributed by atoms with E-state index in [0.717, 1.165) is 17.1 Å². The first kappa shape index (κ1) is 34.0. The summed E-state index contributed by atoms with van der Waals surface area (Å²) in [5.41, 5.74) is 10.6. The van der Waals surface area contributed by atoms with Crippen LogP contribution < -0.4 is 4.90 Å². The van der Waals surface area contributed by atoms with Crippen molar-refractivity contribution in [1.82, 2.24) is 0 Å². The van der Waals surface area contributed by atoms with Crippen molar-refractivity contribution in [2.24, 2.45) is 0 Å². The van der Waals surface area contributed by atoms with Crippen LogP contribution in [0.25, 0.3) is 95.3 Å². The summed E-state index contributed by atoms with van der Waals surface area (Å²) in [6.45, 7) is 0. The number of anilines is 3. The predicted molar refractivity (Wildman–Crippen MR) is 258 cm³/mol. The second-order valence-electron chi connectivity index (χ2n) is 15.2. The lowest BCUT2D eigenvalue weighted by Crippen LogP contribution is -2.11. The van der Waals surface area contributed by atoms with Gasteiger partial charge in [0.1, 0.15) is 0 Å². The zero-order chi connectivity index (χ0) is 38.9. The Morgan fingerprint density at radius 3 is 1.75 bits per heavy atom. The summed E-state index contributed by atoms with van der Waals surface area (Å²) in [5.74, 6) is 0. The van der Waals surface area contributed by atoms with Crippen LogP contribution in [0.5, 0.6) is 0 Å². The van der Waals surface area contributed by atoms with Crippen molar-refractivity contribution in [3.05, 3.63) is 212 Å². The monoisotopic (exact) mass is 785 g/mol. The van der Waals surface area contributed by atoms with Crippen LogP contribution in [0, 0.1) is 0 Å². The topological polar surface area (TPSA) is 3.24 Å². The van der Waals surface area contributed by atoms with Crippen LogP contribution in [0.4, 0.5) is 17.1 Å². The van der Waals surface area contributed by atoms with Crippen molar-refractivity contribution in [2.45, 2.75) is 0 Å². The number of nitrogens with zero attached hydrogens (tertiary/aromatic N) is 1. The lowest BCUT2D eigenvalue weighted by molar-refractivity contribution is 1.29. The van der Waals surface area contributed by atoms with E-state index in [9.17, 15) is 0 Å². The Balaban J connectivity index is 1.14. The van der Waals surface area contributed by atoms with E-state index in [-0.39, 0.29) is 0 Å². The van der Waals surface area contributed by atoms with Gasteiger partial charge in [-0.2, -0.15) is 0 Å². The first-order valence-corrected chi connectivity index (χ1v) is 21.7. The van der Waals surface area contributed by atoms with E-state index in [0.29, 0.717) is 0 Å². The van der Waals surface area contributed by atoms with Crippen LogP contribution in [-0.2, 0) is 0 Å². The molecule has 276 valence electrons. The Bertz CT molecular complexity index is 3580. The van der Waals surface area contributed by atoms with Gasteiger partial charge in [0, 0.05) is 57.3 Å². The van der Waals surface area contributed by atoms with Gasteiger partial charge in [-0.3, -0.25) is 0 Å². The summed E-state index contributed by atoms with van der Waals surface area (Å²) in [7, 11) is 0. The molecule has 0 saturated heterocycles. The molecule has 0 aliphatic carbocycles. The summed E-state index contributed by atoms with van der Waals surface area (Å²) >= 11 is 3.74. The largest absolute Gasteiger partial charge is 0.310 e. The van der Waals surface area contributed by atoms with Gasteiger partial charge in [0.15, 0.2) is 0 Å². The third kappa shape index (κ3) is 5.66. The van der Waals surface area contributed by atoms with Crippen molar-refractivity contribution >= 4 is 102 Å². The van der Waals surface area contributed by atoms with E-state index in [4.69, 9.17) is 0 Å². The molecule has 12 rings (SSSR count).